The number of rotatable bonds is 4. The molecule has 1 aromatic carbocycles. The maximum absolute atomic E-state index is 13.3. The van der Waals surface area contributed by atoms with E-state index < -0.39 is 38.7 Å². The summed E-state index contributed by atoms with van der Waals surface area (Å²) in [5.41, 5.74) is 1.27. The molecule has 4 rings (SSSR count). The van der Waals surface area contributed by atoms with Crippen molar-refractivity contribution >= 4 is 33.0 Å². The summed E-state index contributed by atoms with van der Waals surface area (Å²) >= 11 is 0. The summed E-state index contributed by atoms with van der Waals surface area (Å²) in [6, 6.07) is 9.94. The van der Waals surface area contributed by atoms with Gasteiger partial charge in [0.1, 0.15) is 29.7 Å². The molecule has 1 fully saturated rings. The molecule has 2 unspecified atom stereocenters. The monoisotopic (exact) mass is 432 g/mol. The fraction of sp³-hybridized carbons (Fsp3) is 0.316. The number of carbonyl (C=O) groups is 1. The number of aliphatic hydroxyl groups excluding tert-OH is 1. The molecule has 4 N–H and O–H groups in total. The van der Waals surface area contributed by atoms with Crippen LogP contribution < -0.4 is 9.80 Å². The lowest BCUT2D eigenvalue weighted by Crippen LogP contribution is -2.62. The van der Waals surface area contributed by atoms with Gasteiger partial charge in [-0.05, 0) is 13.0 Å². The molecule has 0 aliphatic carbocycles. The summed E-state index contributed by atoms with van der Waals surface area (Å²) in [7, 11) is -4.41. The first-order chi connectivity index (χ1) is 14.2. The van der Waals surface area contributed by atoms with Crippen LogP contribution in [0.4, 0.5) is 10.6 Å². The van der Waals surface area contributed by atoms with Gasteiger partial charge in [0.2, 0.25) is 5.82 Å². The van der Waals surface area contributed by atoms with E-state index in [2.05, 4.69) is 15.3 Å². The van der Waals surface area contributed by atoms with E-state index in [4.69, 9.17) is 9.54 Å². The molecule has 2 amide bonds. The molecular formula is C19H22N5O5S+. The summed E-state index contributed by atoms with van der Waals surface area (Å²) in [5, 5.41) is 13.2. The Morgan fingerprint density at radius 2 is 2.00 bits per heavy atom. The second kappa shape index (κ2) is 7.43. The van der Waals surface area contributed by atoms with Crippen molar-refractivity contribution in [1.29, 1.82) is 0 Å². The van der Waals surface area contributed by atoms with Gasteiger partial charge in [-0.3, -0.25) is 9.87 Å². The van der Waals surface area contributed by atoms with Crippen molar-refractivity contribution < 1.29 is 22.9 Å². The van der Waals surface area contributed by atoms with E-state index in [9.17, 15) is 18.3 Å². The van der Waals surface area contributed by atoms with Crippen LogP contribution in [0.1, 0.15) is 13.3 Å². The molecule has 2 aromatic heterocycles. The lowest BCUT2D eigenvalue weighted by Gasteiger charge is -2.34. The van der Waals surface area contributed by atoms with Crippen molar-refractivity contribution in [2.75, 3.05) is 12.4 Å². The smallest absolute Gasteiger partial charge is 0.387 e. The number of amides is 2. The Kier molecular flexibility index (Phi) is 5.06. The average Bonchev–Trinajstić information content (AvgIpc) is 3.29. The number of aliphatic hydroxyl groups is 1. The Hall–Kier alpha value is -2.86. The summed E-state index contributed by atoms with van der Waals surface area (Å²) in [6.45, 7) is 1.82. The average molecular weight is 432 g/mol. The minimum absolute atomic E-state index is 0.0179. The zero-order chi connectivity index (χ0) is 21.5. The lowest BCUT2D eigenvalue weighted by atomic mass is 10.2. The first-order valence-electron chi connectivity index (χ1n) is 9.41. The highest BCUT2D eigenvalue weighted by molar-refractivity contribution is 7.85. The molecule has 10 nitrogen and oxygen atoms in total. The Morgan fingerprint density at radius 1 is 1.27 bits per heavy atom. The number of aromatic nitrogens is 3. The van der Waals surface area contributed by atoms with Crippen molar-refractivity contribution in [1.82, 2.24) is 24.8 Å². The van der Waals surface area contributed by atoms with Crippen molar-refractivity contribution in [3.63, 3.8) is 0 Å². The van der Waals surface area contributed by atoms with Gasteiger partial charge in [0, 0.05) is 18.2 Å². The third-order valence-electron chi connectivity index (χ3n) is 5.44. The van der Waals surface area contributed by atoms with Crippen LogP contribution in [0.25, 0.3) is 22.4 Å². The first kappa shape index (κ1) is 20.4. The van der Waals surface area contributed by atoms with Gasteiger partial charge in [0.25, 0.3) is 10.1 Å². The highest BCUT2D eigenvalue weighted by Crippen LogP contribution is 2.39. The van der Waals surface area contributed by atoms with Gasteiger partial charge < -0.3 is 10.1 Å². The zero-order valence-electron chi connectivity index (χ0n) is 16.2. The maximum atomic E-state index is 13.3. The van der Waals surface area contributed by atoms with Gasteiger partial charge in [-0.15, -0.1) is 0 Å². The summed E-state index contributed by atoms with van der Waals surface area (Å²) in [6.07, 6.45) is 1.23. The molecule has 0 bridgehead atoms. The predicted molar refractivity (Wildman–Crippen MR) is 111 cm³/mol. The number of aromatic amines is 1. The largest absolute Gasteiger partial charge is 0.424 e. The number of fused-ring (bicyclic) bond motifs is 1. The van der Waals surface area contributed by atoms with Crippen LogP contribution >= 0.6 is 0 Å². The van der Waals surface area contributed by atoms with Crippen LogP contribution in [-0.4, -0.2) is 63.6 Å². The number of hydrogen-bond donors (Lipinski definition) is 4. The second-order valence-electron chi connectivity index (χ2n) is 7.47. The normalized spacial score (nSPS) is 24.2. The molecule has 3 aromatic rings. The predicted octanol–water partition coefficient (Wildman–Crippen LogP) is 1.64. The number of likely N-dealkylation sites (tertiary alicyclic amines) is 1. The Labute approximate surface area is 172 Å². The topological polar surface area (TPSA) is 145 Å². The minimum Gasteiger partial charge on any atom is -0.387 e. The zero-order valence-corrected chi connectivity index (χ0v) is 17.0. The lowest BCUT2D eigenvalue weighted by molar-refractivity contribution is 0.170. The van der Waals surface area contributed by atoms with Crippen molar-refractivity contribution in [2.45, 2.75) is 25.5 Å². The third-order valence-corrected chi connectivity index (χ3v) is 5.95. The van der Waals surface area contributed by atoms with E-state index >= 15 is 0 Å². The number of nitrogens with one attached hydrogen (secondary N) is 2. The van der Waals surface area contributed by atoms with E-state index in [0.717, 1.165) is 5.56 Å². The van der Waals surface area contributed by atoms with E-state index in [1.807, 2.05) is 30.3 Å². The summed E-state index contributed by atoms with van der Waals surface area (Å²) in [5.74, 6) is -0.173. The van der Waals surface area contributed by atoms with E-state index in [1.165, 1.54) is 0 Å². The molecule has 0 spiro atoms. The fourth-order valence-corrected chi connectivity index (χ4v) is 4.38. The van der Waals surface area contributed by atoms with Gasteiger partial charge in [0.15, 0.2) is 11.7 Å². The minimum atomic E-state index is -4.41. The number of nitrogens with zero attached hydrogens (tertiary/aromatic N) is 3. The van der Waals surface area contributed by atoms with Crippen LogP contribution in [0.2, 0.25) is 0 Å². The Bertz CT molecular complexity index is 1200. The Balaban J connectivity index is 1.91. The first-order valence-corrected chi connectivity index (χ1v) is 11.0. The molecule has 0 saturated carbocycles. The van der Waals surface area contributed by atoms with Gasteiger partial charge in [-0.25, -0.2) is 9.78 Å². The maximum Gasteiger partial charge on any atom is 0.424 e. The quantitative estimate of drug-likeness (QED) is 0.362. The SMILES string of the molecule is CC1C[C@H](O)C[N+]1(C(=O)NCS(=O)(=O)O)c1nc(-c2ccccc2)nc2[nH]ccc12. The molecule has 1 aliphatic heterocycles. The molecule has 3 heterocycles. The number of H-pyrrole nitrogens is 1. The highest BCUT2D eigenvalue weighted by Gasteiger charge is 2.54. The number of urea groups is 1. The summed E-state index contributed by atoms with van der Waals surface area (Å²) in [4.78, 5) is 25.6. The fourth-order valence-electron chi connectivity index (χ4n) is 4.07. The third kappa shape index (κ3) is 3.56. The molecule has 1 saturated heterocycles. The van der Waals surface area contributed by atoms with E-state index in [1.54, 1.807) is 19.2 Å². The van der Waals surface area contributed by atoms with Gasteiger partial charge in [0.05, 0.1) is 0 Å². The van der Waals surface area contributed by atoms with Crippen LogP contribution in [0.3, 0.4) is 0 Å². The molecule has 3 atom stereocenters. The number of quaternary nitrogens is 1. The van der Waals surface area contributed by atoms with E-state index in [-0.39, 0.29) is 6.54 Å². The Morgan fingerprint density at radius 3 is 2.63 bits per heavy atom. The molecule has 1 aliphatic rings. The number of benzene rings is 1. The van der Waals surface area contributed by atoms with Gasteiger partial charge in [-0.2, -0.15) is 17.9 Å². The molecular weight excluding hydrogens is 410 g/mol. The number of carbonyl (C=O) groups excluding carboxylic acids is 1. The summed E-state index contributed by atoms with van der Waals surface area (Å²) < 4.78 is 31.1. The van der Waals surface area contributed by atoms with Crippen LogP contribution in [-0.2, 0) is 10.1 Å². The van der Waals surface area contributed by atoms with Crippen molar-refractivity contribution in [2.24, 2.45) is 0 Å². The molecule has 158 valence electrons. The molecule has 30 heavy (non-hydrogen) atoms. The van der Waals surface area contributed by atoms with Crippen LogP contribution in [0.15, 0.2) is 42.6 Å². The van der Waals surface area contributed by atoms with Crippen LogP contribution in [0.5, 0.6) is 0 Å². The standard InChI is InChI=1S/C19H21N5O5S/c1-12-9-14(25)10-24(12,19(26)21-11-30(27,28)29)18-15-7-8-20-17(15)22-16(23-18)13-5-3-2-4-6-13/h2-8,12,14,25H,9-11H2,1H3,(H2-,20,21,22,23,26,27,28,29)/p+1/t12?,14-,24?/m0/s1. The highest BCUT2D eigenvalue weighted by atomic mass is 32.2. The second-order valence-corrected chi connectivity index (χ2v) is 8.93. The van der Waals surface area contributed by atoms with Gasteiger partial charge in [-0.1, -0.05) is 30.3 Å². The number of hydrogen-bond acceptors (Lipinski definition) is 6. The molecule has 0 radical (unpaired) electrons. The van der Waals surface area contributed by atoms with E-state index in [0.29, 0.717) is 29.1 Å². The van der Waals surface area contributed by atoms with Gasteiger partial charge >= 0.3 is 6.03 Å². The molecule has 11 heteroatoms. The van der Waals surface area contributed by atoms with Crippen LogP contribution in [0, 0.1) is 0 Å². The van der Waals surface area contributed by atoms with Crippen molar-refractivity contribution in [3.05, 3.63) is 42.6 Å². The van der Waals surface area contributed by atoms with Crippen molar-refractivity contribution in [3.8, 4) is 11.4 Å².